The molecule has 0 unspecified atom stereocenters. The van der Waals surface area contributed by atoms with Crippen molar-refractivity contribution in [3.05, 3.63) is 137 Å². The van der Waals surface area contributed by atoms with E-state index >= 15 is 4.39 Å². The van der Waals surface area contributed by atoms with Gasteiger partial charge in [-0.2, -0.15) is 0 Å². The predicted molar refractivity (Wildman–Crippen MR) is 174 cm³/mol. The lowest BCUT2D eigenvalue weighted by Gasteiger charge is -2.11. The van der Waals surface area contributed by atoms with Crippen LogP contribution in [0.25, 0.3) is 22.3 Å². The molecule has 6 aromatic rings. The zero-order valence-electron chi connectivity index (χ0n) is 26.1. The highest BCUT2D eigenvalue weighted by Gasteiger charge is 2.17. The van der Waals surface area contributed by atoms with E-state index in [1.807, 2.05) is 4.57 Å². The van der Waals surface area contributed by atoms with Gasteiger partial charge in [0.25, 0.3) is 0 Å². The van der Waals surface area contributed by atoms with E-state index in [0.717, 1.165) is 5.52 Å². The van der Waals surface area contributed by atoms with Gasteiger partial charge in [0, 0.05) is 55.2 Å². The number of carbonyl (C=O) groups is 1. The fourth-order valence-corrected chi connectivity index (χ4v) is 5.06. The second-order valence-corrected chi connectivity index (χ2v) is 10.7. The summed E-state index contributed by atoms with van der Waals surface area (Å²) in [5, 5.41) is 0. The first-order valence-corrected chi connectivity index (χ1v) is 14.9. The standard InChI is InChI=1S/C37H29F2N5O4/c1-46-15-14-44-34-18-28(37(45)47-2)12-13-33(34)42-35(44)19-26-10-11-27(17-31(26)39)32-4-3-5-36(43-32)48-22-29-9-8-24(16-30(29)38)6-7-25-20-40-23-41-21-25/h3-5,8-13,16-18,20-21,23H,14-15,19,22H2,1-2H3. The maximum absolute atomic E-state index is 15.5. The maximum atomic E-state index is 15.5. The summed E-state index contributed by atoms with van der Waals surface area (Å²) >= 11 is 0. The molecule has 11 heteroatoms. The zero-order chi connectivity index (χ0) is 33.5. The Kier molecular flexibility index (Phi) is 9.74. The number of ether oxygens (including phenoxy) is 3. The molecule has 3 aromatic carbocycles. The monoisotopic (exact) mass is 645 g/mol. The van der Waals surface area contributed by atoms with Gasteiger partial charge in [0.2, 0.25) is 5.88 Å². The van der Waals surface area contributed by atoms with E-state index in [-0.39, 0.29) is 18.9 Å². The van der Waals surface area contributed by atoms with Crippen molar-refractivity contribution < 1.29 is 27.8 Å². The number of carbonyl (C=O) groups excluding carboxylic acids is 1. The minimum Gasteiger partial charge on any atom is -0.473 e. The predicted octanol–water partition coefficient (Wildman–Crippen LogP) is 6.17. The summed E-state index contributed by atoms with van der Waals surface area (Å²) in [4.78, 5) is 29.2. The minimum atomic E-state index is -0.459. The summed E-state index contributed by atoms with van der Waals surface area (Å²) in [6.45, 7) is 0.820. The quantitative estimate of drug-likeness (QED) is 0.129. The lowest BCUT2D eigenvalue weighted by Crippen LogP contribution is -2.10. The fraction of sp³-hybridized carbons (Fsp3) is 0.162. The van der Waals surface area contributed by atoms with Crippen LogP contribution in [0.1, 0.15) is 38.4 Å². The van der Waals surface area contributed by atoms with Gasteiger partial charge in [-0.05, 0) is 48.0 Å². The third kappa shape index (κ3) is 7.35. The molecule has 0 amide bonds. The van der Waals surface area contributed by atoms with Crippen LogP contribution in [-0.4, -0.2) is 51.3 Å². The fourth-order valence-electron chi connectivity index (χ4n) is 5.06. The SMILES string of the molecule is COCCn1c(Cc2ccc(-c3cccc(OCc4ccc(C#Cc5cncnc5)cc4F)n3)cc2F)nc2ccc(C(=O)OC)cc21. The molecule has 0 saturated heterocycles. The number of rotatable bonds is 10. The Bertz CT molecular complexity index is 2160. The molecular weight excluding hydrogens is 616 g/mol. The first kappa shape index (κ1) is 32.0. The third-order valence-electron chi connectivity index (χ3n) is 7.53. The molecule has 240 valence electrons. The Hall–Kier alpha value is -5.99. The van der Waals surface area contributed by atoms with Crippen molar-refractivity contribution >= 4 is 17.0 Å². The van der Waals surface area contributed by atoms with Crippen LogP contribution >= 0.6 is 0 Å². The van der Waals surface area contributed by atoms with Crippen LogP contribution in [0.15, 0.2) is 91.5 Å². The highest BCUT2D eigenvalue weighted by atomic mass is 19.1. The van der Waals surface area contributed by atoms with Crippen molar-refractivity contribution in [1.29, 1.82) is 0 Å². The van der Waals surface area contributed by atoms with E-state index in [1.165, 1.54) is 25.6 Å². The molecule has 0 bridgehead atoms. The number of methoxy groups -OCH3 is 2. The first-order chi connectivity index (χ1) is 23.4. The van der Waals surface area contributed by atoms with Crippen molar-refractivity contribution in [3.63, 3.8) is 0 Å². The number of esters is 1. The molecule has 0 aliphatic heterocycles. The van der Waals surface area contributed by atoms with E-state index in [0.29, 0.717) is 63.6 Å². The number of imidazole rings is 1. The van der Waals surface area contributed by atoms with Crippen molar-refractivity contribution in [2.24, 2.45) is 0 Å². The zero-order valence-corrected chi connectivity index (χ0v) is 26.1. The second kappa shape index (κ2) is 14.6. The van der Waals surface area contributed by atoms with Crippen LogP contribution in [0.5, 0.6) is 5.88 Å². The number of aromatic nitrogens is 5. The molecule has 3 heterocycles. The van der Waals surface area contributed by atoms with E-state index in [1.54, 1.807) is 80.2 Å². The van der Waals surface area contributed by atoms with Gasteiger partial charge in [0.05, 0.1) is 41.6 Å². The number of fused-ring (bicyclic) bond motifs is 1. The molecule has 0 atom stereocenters. The van der Waals surface area contributed by atoms with Gasteiger partial charge < -0.3 is 18.8 Å². The molecule has 0 spiro atoms. The Morgan fingerprint density at radius 3 is 2.42 bits per heavy atom. The molecule has 0 aliphatic carbocycles. The number of benzene rings is 3. The number of hydrogen-bond donors (Lipinski definition) is 0. The average Bonchev–Trinajstić information content (AvgIpc) is 3.46. The molecule has 6 rings (SSSR count). The second-order valence-electron chi connectivity index (χ2n) is 10.7. The Balaban J connectivity index is 1.16. The smallest absolute Gasteiger partial charge is 0.337 e. The average molecular weight is 646 g/mol. The molecule has 0 aliphatic rings. The van der Waals surface area contributed by atoms with Crippen molar-refractivity contribution in [2.75, 3.05) is 20.8 Å². The van der Waals surface area contributed by atoms with Gasteiger partial charge in [0.1, 0.15) is 30.4 Å². The van der Waals surface area contributed by atoms with Crippen LogP contribution in [0.4, 0.5) is 8.78 Å². The summed E-state index contributed by atoms with van der Waals surface area (Å²) in [6.07, 6.45) is 4.79. The largest absolute Gasteiger partial charge is 0.473 e. The highest BCUT2D eigenvalue weighted by molar-refractivity contribution is 5.93. The summed E-state index contributed by atoms with van der Waals surface area (Å²) in [5.41, 5.74) is 4.76. The third-order valence-corrected chi connectivity index (χ3v) is 7.53. The maximum Gasteiger partial charge on any atom is 0.337 e. The molecular formula is C37H29F2N5O4. The molecule has 0 fully saturated rings. The highest BCUT2D eigenvalue weighted by Crippen LogP contribution is 2.26. The molecule has 0 saturated carbocycles. The van der Waals surface area contributed by atoms with Gasteiger partial charge >= 0.3 is 5.97 Å². The van der Waals surface area contributed by atoms with Gasteiger partial charge in [-0.25, -0.2) is 33.5 Å². The van der Waals surface area contributed by atoms with E-state index in [2.05, 4.69) is 26.8 Å². The van der Waals surface area contributed by atoms with Gasteiger partial charge in [0.15, 0.2) is 0 Å². The summed E-state index contributed by atoms with van der Waals surface area (Å²) in [6, 6.07) is 19.8. The lowest BCUT2D eigenvalue weighted by atomic mass is 10.1. The Morgan fingerprint density at radius 1 is 0.854 bits per heavy atom. The normalized spacial score (nSPS) is 10.8. The molecule has 9 nitrogen and oxygen atoms in total. The Morgan fingerprint density at radius 2 is 1.65 bits per heavy atom. The topological polar surface area (TPSA) is 101 Å². The lowest BCUT2D eigenvalue weighted by molar-refractivity contribution is 0.0601. The first-order valence-electron chi connectivity index (χ1n) is 14.9. The van der Waals surface area contributed by atoms with Crippen LogP contribution < -0.4 is 4.74 Å². The van der Waals surface area contributed by atoms with E-state index < -0.39 is 17.6 Å². The number of nitrogens with zero attached hydrogens (tertiary/aromatic N) is 5. The van der Waals surface area contributed by atoms with Crippen LogP contribution in [-0.2, 0) is 29.0 Å². The van der Waals surface area contributed by atoms with Crippen molar-refractivity contribution in [2.45, 2.75) is 19.6 Å². The van der Waals surface area contributed by atoms with Crippen LogP contribution in [0.3, 0.4) is 0 Å². The molecule has 3 aromatic heterocycles. The van der Waals surface area contributed by atoms with Gasteiger partial charge in [-0.15, -0.1) is 0 Å². The molecule has 0 radical (unpaired) electrons. The molecule has 48 heavy (non-hydrogen) atoms. The Labute approximate surface area is 275 Å². The summed E-state index contributed by atoms with van der Waals surface area (Å²) < 4.78 is 48.2. The van der Waals surface area contributed by atoms with Crippen molar-refractivity contribution in [3.8, 4) is 29.0 Å². The van der Waals surface area contributed by atoms with Crippen LogP contribution in [0, 0.1) is 23.5 Å². The van der Waals surface area contributed by atoms with Gasteiger partial charge in [-0.3, -0.25) is 0 Å². The number of hydrogen-bond acceptors (Lipinski definition) is 8. The summed E-state index contributed by atoms with van der Waals surface area (Å²) in [5.74, 6) is 5.35. The van der Waals surface area contributed by atoms with Crippen molar-refractivity contribution in [1.82, 2.24) is 24.5 Å². The van der Waals surface area contributed by atoms with E-state index in [4.69, 9.17) is 19.2 Å². The van der Waals surface area contributed by atoms with E-state index in [9.17, 15) is 9.18 Å². The molecule has 0 N–H and O–H groups in total. The van der Waals surface area contributed by atoms with Crippen LogP contribution in [0.2, 0.25) is 0 Å². The van der Waals surface area contributed by atoms with Gasteiger partial charge in [-0.1, -0.05) is 36.1 Å². The number of halogens is 2. The number of pyridine rings is 1. The summed E-state index contributed by atoms with van der Waals surface area (Å²) in [7, 11) is 2.93. The minimum absolute atomic E-state index is 0.0545.